The van der Waals surface area contributed by atoms with Crippen molar-refractivity contribution in [2.75, 3.05) is 26.2 Å². The third-order valence-corrected chi connectivity index (χ3v) is 6.51. The number of carbonyl (C=O) groups is 4. The number of guanidine groups is 1. The van der Waals surface area contributed by atoms with Crippen LogP contribution in [0, 0.1) is 0 Å². The molecule has 13 nitrogen and oxygen atoms in total. The molecule has 0 aromatic heterocycles. The van der Waals surface area contributed by atoms with Gasteiger partial charge in [-0.05, 0) is 64.3 Å². The molecule has 2 fully saturated rings. The summed E-state index contributed by atoms with van der Waals surface area (Å²) in [7, 11) is 0. The van der Waals surface area contributed by atoms with Crippen molar-refractivity contribution in [2.24, 2.45) is 27.9 Å². The first kappa shape index (κ1) is 28.3. The number of rotatable bonds is 13. The third kappa shape index (κ3) is 8.06. The summed E-state index contributed by atoms with van der Waals surface area (Å²) in [6, 6.07) is -3.25. The first-order valence-corrected chi connectivity index (χ1v) is 12.3. The van der Waals surface area contributed by atoms with Crippen LogP contribution in [0.25, 0.3) is 0 Å². The molecule has 4 atom stereocenters. The van der Waals surface area contributed by atoms with Crippen LogP contribution in [0.5, 0.6) is 0 Å². The maximum Gasteiger partial charge on any atom is 0.326 e. The number of carboxylic acids is 1. The van der Waals surface area contributed by atoms with Gasteiger partial charge in [0.2, 0.25) is 17.7 Å². The lowest BCUT2D eigenvalue weighted by molar-refractivity contribution is -0.148. The topological polar surface area (TPSA) is 223 Å². The van der Waals surface area contributed by atoms with Crippen LogP contribution in [0.4, 0.5) is 0 Å². The van der Waals surface area contributed by atoms with Gasteiger partial charge < -0.3 is 43.2 Å². The Balaban J connectivity index is 1.99. The fourth-order valence-corrected chi connectivity index (χ4v) is 4.66. The second kappa shape index (κ2) is 13.8. The number of carboxylic acid groups (broad SMARTS) is 1. The highest BCUT2D eigenvalue weighted by atomic mass is 16.4. The number of likely N-dealkylation sites (tertiary alicyclic amines) is 2. The lowest BCUT2D eigenvalue weighted by Crippen LogP contribution is -2.56. The van der Waals surface area contributed by atoms with Gasteiger partial charge in [0.1, 0.15) is 18.1 Å². The Hall–Kier alpha value is -2.93. The maximum atomic E-state index is 13.4. The molecule has 0 aliphatic carbocycles. The lowest BCUT2D eigenvalue weighted by atomic mass is 10.1. The molecule has 0 radical (unpaired) electrons. The van der Waals surface area contributed by atoms with Gasteiger partial charge in [0.25, 0.3) is 0 Å². The van der Waals surface area contributed by atoms with E-state index in [4.69, 9.17) is 22.9 Å². The average molecular weight is 497 g/mol. The van der Waals surface area contributed by atoms with Crippen molar-refractivity contribution in [2.45, 2.75) is 82.0 Å². The molecule has 3 amide bonds. The highest BCUT2D eigenvalue weighted by Crippen LogP contribution is 2.26. The van der Waals surface area contributed by atoms with Crippen molar-refractivity contribution in [1.82, 2.24) is 15.1 Å². The summed E-state index contributed by atoms with van der Waals surface area (Å²) in [4.78, 5) is 57.7. The molecule has 2 saturated heterocycles. The van der Waals surface area contributed by atoms with E-state index in [9.17, 15) is 24.3 Å². The maximum absolute atomic E-state index is 13.4. The number of nitrogens with zero attached hydrogens (tertiary/aromatic N) is 3. The van der Waals surface area contributed by atoms with Crippen molar-refractivity contribution < 1.29 is 24.3 Å². The summed E-state index contributed by atoms with van der Waals surface area (Å²) < 4.78 is 0. The van der Waals surface area contributed by atoms with Crippen LogP contribution in [-0.2, 0) is 19.2 Å². The van der Waals surface area contributed by atoms with Crippen molar-refractivity contribution in [1.29, 1.82) is 0 Å². The molecule has 0 saturated carbocycles. The molecule has 0 unspecified atom stereocenters. The van der Waals surface area contributed by atoms with Crippen molar-refractivity contribution in [3.05, 3.63) is 0 Å². The zero-order valence-electron chi connectivity index (χ0n) is 20.2. The number of aliphatic imine (C=N–C) groups is 1. The Kier molecular flexibility index (Phi) is 11.2. The van der Waals surface area contributed by atoms with Gasteiger partial charge in [0, 0.05) is 19.6 Å². The standard InChI is InChI=1S/C22H40N8O5/c23-10-2-1-7-15(21(34)35)28-18(31)16-8-4-12-29(16)20(33)17-9-5-13-30(17)19(32)14(24)6-3-11-27-22(25)26/h14-17H,1-13,23-24H2,(H,28,31)(H,34,35)(H4,25,26,27)/t14-,15-,16-,17-/m0/s1. The minimum Gasteiger partial charge on any atom is -0.480 e. The second-order valence-corrected chi connectivity index (χ2v) is 9.12. The van der Waals surface area contributed by atoms with Crippen LogP contribution in [0.2, 0.25) is 0 Å². The number of hydrogen-bond donors (Lipinski definition) is 6. The van der Waals surface area contributed by atoms with Gasteiger partial charge in [-0.25, -0.2) is 4.79 Å². The van der Waals surface area contributed by atoms with Crippen LogP contribution in [0.3, 0.4) is 0 Å². The molecule has 2 heterocycles. The molecule has 0 bridgehead atoms. The zero-order valence-corrected chi connectivity index (χ0v) is 20.2. The molecule has 0 aromatic carbocycles. The van der Waals surface area contributed by atoms with Crippen LogP contribution >= 0.6 is 0 Å². The lowest BCUT2D eigenvalue weighted by Gasteiger charge is -2.32. The highest BCUT2D eigenvalue weighted by molar-refractivity contribution is 5.94. The van der Waals surface area contributed by atoms with E-state index in [1.54, 1.807) is 0 Å². The van der Waals surface area contributed by atoms with Gasteiger partial charge in [0.15, 0.2) is 5.96 Å². The molecule has 2 aliphatic heterocycles. The minimum absolute atomic E-state index is 0.0236. The Morgan fingerprint density at radius 3 is 2.26 bits per heavy atom. The molecule has 0 spiro atoms. The number of aliphatic carboxylic acids is 1. The molecule has 35 heavy (non-hydrogen) atoms. The second-order valence-electron chi connectivity index (χ2n) is 9.12. The molecule has 2 aliphatic rings. The number of nitrogens with one attached hydrogen (secondary N) is 1. The van der Waals surface area contributed by atoms with Crippen molar-refractivity contribution in [3.8, 4) is 0 Å². The predicted octanol–water partition coefficient (Wildman–Crippen LogP) is -1.95. The SMILES string of the molecule is NCCCC[C@H](NC(=O)[C@@H]1CCCN1C(=O)[C@@H]1CCCN1C(=O)[C@@H](N)CCCN=C(N)N)C(=O)O. The van der Waals surface area contributed by atoms with E-state index < -0.39 is 36.0 Å². The van der Waals surface area contributed by atoms with E-state index in [0.29, 0.717) is 77.5 Å². The largest absolute Gasteiger partial charge is 0.480 e. The van der Waals surface area contributed by atoms with Gasteiger partial charge in [-0.3, -0.25) is 19.4 Å². The molecule has 0 aromatic rings. The summed E-state index contributed by atoms with van der Waals surface area (Å²) in [6.45, 7) is 1.61. The smallest absolute Gasteiger partial charge is 0.326 e. The molecule has 10 N–H and O–H groups in total. The Morgan fingerprint density at radius 1 is 0.971 bits per heavy atom. The number of hydrogen-bond acceptors (Lipinski definition) is 7. The fraction of sp³-hybridized carbons (Fsp3) is 0.773. The summed E-state index contributed by atoms with van der Waals surface area (Å²) in [5, 5.41) is 12.0. The molecule has 13 heteroatoms. The Morgan fingerprint density at radius 2 is 1.63 bits per heavy atom. The van der Waals surface area contributed by atoms with Crippen molar-refractivity contribution >= 4 is 29.7 Å². The van der Waals surface area contributed by atoms with E-state index in [-0.39, 0.29) is 24.2 Å². The minimum atomic E-state index is -1.12. The van der Waals surface area contributed by atoms with Crippen LogP contribution < -0.4 is 28.3 Å². The quantitative estimate of drug-likeness (QED) is 0.0945. The third-order valence-electron chi connectivity index (χ3n) is 6.51. The number of unbranched alkanes of at least 4 members (excludes halogenated alkanes) is 1. The molecule has 2 rings (SSSR count). The summed E-state index contributed by atoms with van der Waals surface area (Å²) in [5.74, 6) is -2.23. The van der Waals surface area contributed by atoms with Crippen LogP contribution in [0.15, 0.2) is 4.99 Å². The van der Waals surface area contributed by atoms with Gasteiger partial charge >= 0.3 is 5.97 Å². The first-order chi connectivity index (χ1) is 16.7. The van der Waals surface area contributed by atoms with Gasteiger partial charge in [-0.15, -0.1) is 0 Å². The Bertz CT molecular complexity index is 788. The van der Waals surface area contributed by atoms with Crippen LogP contribution in [-0.4, -0.2) is 94.9 Å². The molecule has 198 valence electrons. The predicted molar refractivity (Wildman–Crippen MR) is 130 cm³/mol. The monoisotopic (exact) mass is 496 g/mol. The molecular formula is C22H40N8O5. The van der Waals surface area contributed by atoms with Crippen LogP contribution in [0.1, 0.15) is 57.8 Å². The van der Waals surface area contributed by atoms with E-state index in [1.807, 2.05) is 0 Å². The van der Waals surface area contributed by atoms with Gasteiger partial charge in [0.05, 0.1) is 6.04 Å². The van der Waals surface area contributed by atoms with Gasteiger partial charge in [-0.1, -0.05) is 0 Å². The van der Waals surface area contributed by atoms with E-state index in [1.165, 1.54) is 9.80 Å². The summed E-state index contributed by atoms with van der Waals surface area (Å²) in [5.41, 5.74) is 22.1. The van der Waals surface area contributed by atoms with E-state index in [2.05, 4.69) is 10.3 Å². The number of nitrogens with two attached hydrogens (primary N) is 4. The Labute approximate surface area is 205 Å². The molecular weight excluding hydrogens is 456 g/mol. The number of carbonyl (C=O) groups excluding carboxylic acids is 3. The van der Waals surface area contributed by atoms with Crippen molar-refractivity contribution in [3.63, 3.8) is 0 Å². The van der Waals surface area contributed by atoms with Gasteiger partial charge in [-0.2, -0.15) is 0 Å². The highest BCUT2D eigenvalue weighted by Gasteiger charge is 2.43. The fourth-order valence-electron chi connectivity index (χ4n) is 4.66. The normalized spacial score (nSPS) is 21.4. The van der Waals surface area contributed by atoms with E-state index >= 15 is 0 Å². The zero-order chi connectivity index (χ0) is 26.0. The first-order valence-electron chi connectivity index (χ1n) is 12.3. The number of amides is 3. The average Bonchev–Trinajstić information content (AvgIpc) is 3.50. The summed E-state index contributed by atoms with van der Waals surface area (Å²) >= 11 is 0. The van der Waals surface area contributed by atoms with E-state index in [0.717, 1.165) is 0 Å². The summed E-state index contributed by atoms with van der Waals surface area (Å²) in [6.07, 6.45) is 4.64.